The molecule has 96 valence electrons. The lowest BCUT2D eigenvalue weighted by molar-refractivity contribution is -0.151. The molecule has 1 saturated heterocycles. The lowest BCUT2D eigenvalue weighted by Gasteiger charge is -2.45. The molecule has 0 aliphatic carbocycles. The van der Waals surface area contributed by atoms with Crippen LogP contribution in [-0.2, 0) is 14.3 Å². The van der Waals surface area contributed by atoms with E-state index >= 15 is 0 Å². The van der Waals surface area contributed by atoms with Crippen molar-refractivity contribution >= 4 is 11.9 Å². The van der Waals surface area contributed by atoms with E-state index in [2.05, 4.69) is 4.74 Å². The Morgan fingerprint density at radius 1 is 1.39 bits per heavy atom. The van der Waals surface area contributed by atoms with Crippen LogP contribution in [-0.4, -0.2) is 36.5 Å². The molecule has 1 heterocycles. The third-order valence-corrected chi connectivity index (χ3v) is 3.17. The molecule has 18 heavy (non-hydrogen) atoms. The molecule has 1 aliphatic heterocycles. The fraction of sp³-hybridized carbons (Fsp3) is 0.385. The number of benzene rings is 1. The highest BCUT2D eigenvalue weighted by molar-refractivity contribution is 5.90. The average Bonchev–Trinajstić information content (AvgIpc) is 2.42. The van der Waals surface area contributed by atoms with E-state index < -0.39 is 6.04 Å². The first-order valence-corrected chi connectivity index (χ1v) is 5.83. The summed E-state index contributed by atoms with van der Waals surface area (Å²) < 4.78 is 4.56. The minimum Gasteiger partial charge on any atom is -0.469 e. The van der Waals surface area contributed by atoms with E-state index in [0.717, 1.165) is 5.56 Å². The number of hydrogen-bond acceptors (Lipinski definition) is 4. The van der Waals surface area contributed by atoms with Gasteiger partial charge in [0.25, 0.3) is 0 Å². The van der Waals surface area contributed by atoms with Crippen LogP contribution in [0.1, 0.15) is 18.0 Å². The molecule has 0 radical (unpaired) electrons. The van der Waals surface area contributed by atoms with Crippen molar-refractivity contribution in [3.63, 3.8) is 0 Å². The van der Waals surface area contributed by atoms with E-state index in [1.165, 1.54) is 7.11 Å². The standard InChI is InChI=1S/C13H16N2O3/c1-18-10(16)7-8-15-12(11(14)13(15)17)9-5-3-2-4-6-9/h2-6,11-12H,7-8,14H2,1H3. The van der Waals surface area contributed by atoms with Crippen LogP contribution in [0, 0.1) is 0 Å². The monoisotopic (exact) mass is 248 g/mol. The smallest absolute Gasteiger partial charge is 0.307 e. The van der Waals surface area contributed by atoms with E-state index in [9.17, 15) is 9.59 Å². The third-order valence-electron chi connectivity index (χ3n) is 3.17. The molecule has 0 saturated carbocycles. The molecule has 2 atom stereocenters. The molecule has 0 bridgehead atoms. The van der Waals surface area contributed by atoms with Gasteiger partial charge in [-0.1, -0.05) is 30.3 Å². The molecular weight excluding hydrogens is 232 g/mol. The number of carbonyl (C=O) groups excluding carboxylic acids is 2. The first kappa shape index (κ1) is 12.6. The highest BCUT2D eigenvalue weighted by Gasteiger charge is 2.45. The van der Waals surface area contributed by atoms with Gasteiger partial charge in [-0.2, -0.15) is 0 Å². The summed E-state index contributed by atoms with van der Waals surface area (Å²) in [6, 6.07) is 8.94. The Bertz CT molecular complexity index is 447. The summed E-state index contributed by atoms with van der Waals surface area (Å²) in [7, 11) is 1.33. The van der Waals surface area contributed by atoms with Crippen molar-refractivity contribution in [2.24, 2.45) is 5.73 Å². The van der Waals surface area contributed by atoms with Crippen LogP contribution in [0.15, 0.2) is 30.3 Å². The first-order chi connectivity index (χ1) is 8.65. The van der Waals surface area contributed by atoms with Crippen LogP contribution in [0.2, 0.25) is 0 Å². The Morgan fingerprint density at radius 2 is 2.06 bits per heavy atom. The Morgan fingerprint density at radius 3 is 2.67 bits per heavy atom. The minimum atomic E-state index is -0.509. The molecular formula is C13H16N2O3. The lowest BCUT2D eigenvalue weighted by Crippen LogP contribution is -2.63. The van der Waals surface area contributed by atoms with Crippen molar-refractivity contribution < 1.29 is 14.3 Å². The van der Waals surface area contributed by atoms with E-state index in [1.54, 1.807) is 4.90 Å². The zero-order valence-corrected chi connectivity index (χ0v) is 10.2. The summed E-state index contributed by atoms with van der Waals surface area (Å²) in [5, 5.41) is 0. The Hall–Kier alpha value is -1.88. The normalized spacial score (nSPS) is 22.6. The van der Waals surface area contributed by atoms with Crippen molar-refractivity contribution in [2.45, 2.75) is 18.5 Å². The van der Waals surface area contributed by atoms with Gasteiger partial charge in [-0.25, -0.2) is 0 Å². The quantitative estimate of drug-likeness (QED) is 0.620. The maximum Gasteiger partial charge on any atom is 0.307 e. The molecule has 1 aromatic carbocycles. The number of likely N-dealkylation sites (tertiary alicyclic amines) is 1. The van der Waals surface area contributed by atoms with Gasteiger partial charge >= 0.3 is 5.97 Å². The molecule has 0 spiro atoms. The fourth-order valence-electron chi connectivity index (χ4n) is 2.18. The van der Waals surface area contributed by atoms with E-state index in [0.29, 0.717) is 6.54 Å². The van der Waals surface area contributed by atoms with Gasteiger partial charge in [-0.15, -0.1) is 0 Å². The maximum absolute atomic E-state index is 11.7. The van der Waals surface area contributed by atoms with Gasteiger partial charge in [0.05, 0.1) is 19.6 Å². The molecule has 1 aromatic rings. The summed E-state index contributed by atoms with van der Waals surface area (Å²) in [5.41, 5.74) is 6.82. The summed E-state index contributed by atoms with van der Waals surface area (Å²) in [6.45, 7) is 0.346. The van der Waals surface area contributed by atoms with E-state index in [4.69, 9.17) is 5.73 Å². The maximum atomic E-state index is 11.7. The van der Waals surface area contributed by atoms with Crippen molar-refractivity contribution in [3.8, 4) is 0 Å². The fourth-order valence-corrected chi connectivity index (χ4v) is 2.18. The molecule has 5 heteroatoms. The van der Waals surface area contributed by atoms with Crippen LogP contribution in [0.5, 0.6) is 0 Å². The molecule has 0 aromatic heterocycles. The topological polar surface area (TPSA) is 72.6 Å². The predicted molar refractivity (Wildman–Crippen MR) is 65.5 cm³/mol. The summed E-state index contributed by atoms with van der Waals surface area (Å²) >= 11 is 0. The number of nitrogens with two attached hydrogens (primary N) is 1. The Balaban J connectivity index is 2.05. The Labute approximate surface area is 106 Å². The summed E-state index contributed by atoms with van der Waals surface area (Å²) in [4.78, 5) is 24.4. The van der Waals surface area contributed by atoms with Crippen molar-refractivity contribution in [2.75, 3.05) is 13.7 Å². The largest absolute Gasteiger partial charge is 0.469 e. The number of esters is 1. The lowest BCUT2D eigenvalue weighted by atomic mass is 9.89. The molecule has 2 rings (SSSR count). The van der Waals surface area contributed by atoms with Gasteiger partial charge in [0.15, 0.2) is 0 Å². The molecule has 5 nitrogen and oxygen atoms in total. The van der Waals surface area contributed by atoms with Crippen LogP contribution < -0.4 is 5.73 Å². The summed E-state index contributed by atoms with van der Waals surface area (Å²) in [6.07, 6.45) is 0.193. The number of rotatable bonds is 4. The van der Waals surface area contributed by atoms with Crippen molar-refractivity contribution in [1.82, 2.24) is 4.90 Å². The minimum absolute atomic E-state index is 0.118. The molecule has 1 aliphatic rings. The van der Waals surface area contributed by atoms with Gasteiger partial charge in [0.1, 0.15) is 6.04 Å². The van der Waals surface area contributed by atoms with Gasteiger partial charge in [0.2, 0.25) is 5.91 Å². The van der Waals surface area contributed by atoms with Crippen LogP contribution in [0.25, 0.3) is 0 Å². The van der Waals surface area contributed by atoms with Gasteiger partial charge < -0.3 is 15.4 Å². The average molecular weight is 248 g/mol. The highest BCUT2D eigenvalue weighted by atomic mass is 16.5. The number of amides is 1. The van der Waals surface area contributed by atoms with Crippen LogP contribution >= 0.6 is 0 Å². The van der Waals surface area contributed by atoms with E-state index in [1.807, 2.05) is 30.3 Å². The van der Waals surface area contributed by atoms with E-state index in [-0.39, 0.29) is 24.3 Å². The van der Waals surface area contributed by atoms with Gasteiger partial charge in [-0.3, -0.25) is 9.59 Å². The zero-order chi connectivity index (χ0) is 13.1. The highest BCUT2D eigenvalue weighted by Crippen LogP contribution is 2.33. The SMILES string of the molecule is COC(=O)CCN1C(=O)C(N)C1c1ccccc1. The predicted octanol–water partition coefficient (Wildman–Crippen LogP) is 0.460. The number of hydrogen-bond donors (Lipinski definition) is 1. The molecule has 1 amide bonds. The first-order valence-electron chi connectivity index (χ1n) is 5.83. The van der Waals surface area contributed by atoms with Gasteiger partial charge in [-0.05, 0) is 5.56 Å². The van der Waals surface area contributed by atoms with Gasteiger partial charge in [0, 0.05) is 6.54 Å². The summed E-state index contributed by atoms with van der Waals surface area (Å²) in [5.74, 6) is -0.442. The van der Waals surface area contributed by atoms with Crippen LogP contribution in [0.4, 0.5) is 0 Å². The molecule has 2 unspecified atom stereocenters. The second-order valence-electron chi connectivity index (χ2n) is 4.24. The Kier molecular flexibility index (Phi) is 3.62. The zero-order valence-electron chi connectivity index (χ0n) is 10.2. The third kappa shape index (κ3) is 2.22. The van der Waals surface area contributed by atoms with Crippen LogP contribution in [0.3, 0.4) is 0 Å². The number of nitrogens with zero attached hydrogens (tertiary/aromatic N) is 1. The number of carbonyl (C=O) groups is 2. The molecule has 1 fully saturated rings. The molecule has 2 N–H and O–H groups in total. The second kappa shape index (κ2) is 5.18. The van der Waals surface area contributed by atoms with Crippen molar-refractivity contribution in [1.29, 1.82) is 0 Å². The van der Waals surface area contributed by atoms with Crippen molar-refractivity contribution in [3.05, 3.63) is 35.9 Å². The number of methoxy groups -OCH3 is 1. The number of β-lactam (4-membered cyclic amide) rings is 1. The second-order valence-corrected chi connectivity index (χ2v) is 4.24. The number of ether oxygens (including phenoxy) is 1.